The predicted octanol–water partition coefficient (Wildman–Crippen LogP) is 5.26. The molecule has 206 valence electrons. The van der Waals surface area contributed by atoms with Crippen LogP contribution in [0.1, 0.15) is 38.2 Å². The monoisotopic (exact) mass is 615 g/mol. The molecule has 1 atom stereocenters. The van der Waals surface area contributed by atoms with Crippen LogP contribution in [0.2, 0.25) is 0 Å². The van der Waals surface area contributed by atoms with Gasteiger partial charge in [-0.2, -0.15) is 0 Å². The van der Waals surface area contributed by atoms with Crippen LogP contribution in [0.25, 0.3) is 0 Å². The maximum Gasteiger partial charge on any atom is 0.264 e. The van der Waals surface area contributed by atoms with E-state index in [0.717, 1.165) is 52.2 Å². The molecule has 0 spiro atoms. The van der Waals surface area contributed by atoms with Gasteiger partial charge >= 0.3 is 0 Å². The second kappa shape index (κ2) is 12.7. The minimum Gasteiger partial charge on any atom is -0.352 e. The zero-order valence-electron chi connectivity index (χ0n) is 21.6. The third-order valence-corrected chi connectivity index (χ3v) is 9.12. The molecule has 10 heteroatoms. The van der Waals surface area contributed by atoms with E-state index in [-0.39, 0.29) is 29.1 Å². The number of anilines is 1. The highest BCUT2D eigenvalue weighted by atomic mass is 79.9. The highest BCUT2D eigenvalue weighted by molar-refractivity contribution is 9.10. The molecule has 2 amide bonds. The van der Waals surface area contributed by atoms with Crippen molar-refractivity contribution in [2.24, 2.45) is 0 Å². The summed E-state index contributed by atoms with van der Waals surface area (Å²) in [5, 5.41) is 3.05. The Bertz CT molecular complexity index is 1400. The summed E-state index contributed by atoms with van der Waals surface area (Å²) in [6.07, 6.45) is 3.89. The zero-order chi connectivity index (χ0) is 28.0. The fourth-order valence-corrected chi connectivity index (χ4v) is 6.52. The number of sulfonamides is 1. The van der Waals surface area contributed by atoms with Crippen molar-refractivity contribution < 1.29 is 22.4 Å². The number of hydrogen-bond donors (Lipinski definition) is 1. The molecule has 0 saturated heterocycles. The van der Waals surface area contributed by atoms with E-state index in [4.69, 9.17) is 0 Å². The van der Waals surface area contributed by atoms with Crippen molar-refractivity contribution in [3.8, 4) is 0 Å². The summed E-state index contributed by atoms with van der Waals surface area (Å²) in [6, 6.07) is 19.3. The van der Waals surface area contributed by atoms with Gasteiger partial charge in [-0.05, 0) is 73.9 Å². The van der Waals surface area contributed by atoms with Crippen LogP contribution in [-0.2, 0) is 26.2 Å². The number of rotatable bonds is 10. The molecule has 3 aromatic carbocycles. The van der Waals surface area contributed by atoms with E-state index < -0.39 is 34.3 Å². The molecule has 7 nitrogen and oxygen atoms in total. The van der Waals surface area contributed by atoms with Crippen molar-refractivity contribution in [2.75, 3.05) is 10.8 Å². The molecule has 1 aliphatic carbocycles. The average molecular weight is 617 g/mol. The van der Waals surface area contributed by atoms with Crippen molar-refractivity contribution in [3.63, 3.8) is 0 Å². The van der Waals surface area contributed by atoms with Gasteiger partial charge < -0.3 is 10.2 Å². The summed E-state index contributed by atoms with van der Waals surface area (Å²) in [7, 11) is -4.23. The maximum atomic E-state index is 13.9. The van der Waals surface area contributed by atoms with Crippen molar-refractivity contribution in [1.82, 2.24) is 10.2 Å². The first-order chi connectivity index (χ1) is 18.6. The molecule has 0 radical (unpaired) electrons. The van der Waals surface area contributed by atoms with E-state index in [2.05, 4.69) is 21.2 Å². The first-order valence-electron chi connectivity index (χ1n) is 12.8. The Hall–Kier alpha value is -3.24. The van der Waals surface area contributed by atoms with Gasteiger partial charge in [0.05, 0.1) is 10.6 Å². The Labute approximate surface area is 237 Å². The molecule has 1 saturated carbocycles. The Balaban J connectivity index is 1.66. The lowest BCUT2D eigenvalue weighted by Crippen LogP contribution is -2.52. The quantitative estimate of drug-likeness (QED) is 0.337. The van der Waals surface area contributed by atoms with Crippen LogP contribution in [-0.4, -0.2) is 43.8 Å². The van der Waals surface area contributed by atoms with E-state index in [1.165, 1.54) is 17.0 Å². The van der Waals surface area contributed by atoms with Crippen LogP contribution in [0.15, 0.2) is 88.2 Å². The van der Waals surface area contributed by atoms with Crippen molar-refractivity contribution in [2.45, 2.75) is 56.1 Å². The largest absolute Gasteiger partial charge is 0.352 e. The first-order valence-corrected chi connectivity index (χ1v) is 15.1. The highest BCUT2D eigenvalue weighted by Crippen LogP contribution is 2.25. The Morgan fingerprint density at radius 3 is 2.31 bits per heavy atom. The molecule has 39 heavy (non-hydrogen) atoms. The van der Waals surface area contributed by atoms with Gasteiger partial charge in [0.15, 0.2) is 0 Å². The molecule has 3 aromatic rings. The Morgan fingerprint density at radius 1 is 1.00 bits per heavy atom. The van der Waals surface area contributed by atoms with Gasteiger partial charge in [0.1, 0.15) is 18.4 Å². The minimum atomic E-state index is -4.23. The first kappa shape index (κ1) is 28.8. The average Bonchev–Trinajstić information content (AvgIpc) is 3.43. The van der Waals surface area contributed by atoms with Crippen LogP contribution >= 0.6 is 15.9 Å². The summed E-state index contributed by atoms with van der Waals surface area (Å²) in [4.78, 5) is 28.4. The molecule has 1 unspecified atom stereocenters. The molecule has 4 rings (SSSR count). The molecular weight excluding hydrogens is 585 g/mol. The lowest BCUT2D eigenvalue weighted by Gasteiger charge is -2.32. The third kappa shape index (κ3) is 7.24. The second-order valence-electron chi connectivity index (χ2n) is 9.62. The Kier molecular flexibility index (Phi) is 9.40. The molecule has 1 aliphatic rings. The number of nitrogens with one attached hydrogen (secondary N) is 1. The van der Waals surface area contributed by atoms with Gasteiger partial charge in [-0.25, -0.2) is 12.8 Å². The zero-order valence-corrected chi connectivity index (χ0v) is 24.0. The number of carbonyl (C=O) groups excluding carboxylic acids is 2. The smallest absolute Gasteiger partial charge is 0.264 e. The second-order valence-corrected chi connectivity index (χ2v) is 12.4. The molecule has 0 bridgehead atoms. The molecule has 1 N–H and O–H groups in total. The number of para-hydroxylation sites is 1. The summed E-state index contributed by atoms with van der Waals surface area (Å²) in [6.45, 7) is 1.22. The van der Waals surface area contributed by atoms with Gasteiger partial charge in [0.25, 0.3) is 10.0 Å². The van der Waals surface area contributed by atoms with Crippen molar-refractivity contribution in [3.05, 3.63) is 94.7 Å². The summed E-state index contributed by atoms with van der Waals surface area (Å²) in [5.74, 6) is -1.39. The van der Waals surface area contributed by atoms with Gasteiger partial charge in [0.2, 0.25) is 11.8 Å². The minimum absolute atomic E-state index is 0.0717. The maximum absolute atomic E-state index is 13.9. The van der Waals surface area contributed by atoms with Crippen LogP contribution in [0.4, 0.5) is 10.1 Å². The van der Waals surface area contributed by atoms with Crippen molar-refractivity contribution >= 4 is 43.5 Å². The molecule has 1 fully saturated rings. The van der Waals surface area contributed by atoms with Crippen molar-refractivity contribution in [1.29, 1.82) is 0 Å². The number of amides is 2. The lowest BCUT2D eigenvalue weighted by molar-refractivity contribution is -0.139. The van der Waals surface area contributed by atoms with Gasteiger partial charge in [-0.3, -0.25) is 13.9 Å². The summed E-state index contributed by atoms with van der Waals surface area (Å²) < 4.78 is 42.7. The van der Waals surface area contributed by atoms with E-state index >= 15 is 0 Å². The number of hydrogen-bond acceptors (Lipinski definition) is 4. The fourth-order valence-electron chi connectivity index (χ4n) is 4.66. The number of nitrogens with zero attached hydrogens (tertiary/aromatic N) is 2. The number of halogens is 2. The summed E-state index contributed by atoms with van der Waals surface area (Å²) in [5.41, 5.74) is 1.06. The van der Waals surface area contributed by atoms with Crippen LogP contribution in [0.5, 0.6) is 0 Å². The van der Waals surface area contributed by atoms with E-state index in [1.807, 2.05) is 24.3 Å². The Morgan fingerprint density at radius 2 is 1.67 bits per heavy atom. The van der Waals surface area contributed by atoms with Crippen LogP contribution in [0.3, 0.4) is 0 Å². The molecular formula is C29H31BrFN3O4S. The van der Waals surface area contributed by atoms with E-state index in [9.17, 15) is 22.4 Å². The standard InChI is InChI=1S/C29H31BrFN3O4S/c1-21(29(36)32-25-10-5-6-11-25)33(19-22-8-7-9-23(30)18-22)28(35)20-34(26-12-3-2-4-13-26)39(37,38)27-16-14-24(31)15-17-27/h2-4,7-9,12-18,21,25H,5-6,10-11,19-20H2,1H3,(H,32,36). The highest BCUT2D eigenvalue weighted by Gasteiger charge is 2.33. The number of carbonyl (C=O) groups is 2. The normalized spacial score (nSPS) is 14.5. The lowest BCUT2D eigenvalue weighted by atomic mass is 10.1. The van der Waals surface area contributed by atoms with Gasteiger partial charge in [-0.15, -0.1) is 0 Å². The van der Waals surface area contributed by atoms with Crippen LogP contribution in [0, 0.1) is 5.82 Å². The van der Waals surface area contributed by atoms with E-state index in [0.29, 0.717) is 0 Å². The molecule has 0 aromatic heterocycles. The molecule has 0 aliphatic heterocycles. The topological polar surface area (TPSA) is 86.8 Å². The van der Waals surface area contributed by atoms with Crippen LogP contribution < -0.4 is 9.62 Å². The van der Waals surface area contributed by atoms with Gasteiger partial charge in [-0.1, -0.05) is 59.1 Å². The third-order valence-electron chi connectivity index (χ3n) is 6.84. The fraction of sp³-hybridized carbons (Fsp3) is 0.310. The predicted molar refractivity (Wildman–Crippen MR) is 152 cm³/mol. The number of benzene rings is 3. The SMILES string of the molecule is CC(C(=O)NC1CCCC1)N(Cc1cccc(Br)c1)C(=O)CN(c1ccccc1)S(=O)(=O)c1ccc(F)cc1. The molecule has 0 heterocycles. The van der Waals surface area contributed by atoms with E-state index in [1.54, 1.807) is 37.3 Å². The van der Waals surface area contributed by atoms with Gasteiger partial charge in [0, 0.05) is 17.1 Å². The summed E-state index contributed by atoms with van der Waals surface area (Å²) >= 11 is 3.44.